The van der Waals surface area contributed by atoms with Crippen LogP contribution in [0.15, 0.2) is 55.8 Å². The van der Waals surface area contributed by atoms with E-state index in [0.717, 1.165) is 3.77 Å². The van der Waals surface area contributed by atoms with Gasteiger partial charge in [0.15, 0.2) is 20.1 Å². The molecule has 4 heterocycles. The molecule has 10 heteroatoms. The first-order valence-corrected chi connectivity index (χ1v) is 11.7. The monoisotopic (exact) mass is 564 g/mol. The molecule has 0 bridgehead atoms. The second-order valence-corrected chi connectivity index (χ2v) is 9.13. The highest BCUT2D eigenvalue weighted by atomic mass is 127. The number of hydrogen-bond acceptors (Lipinski definition) is 8. The summed E-state index contributed by atoms with van der Waals surface area (Å²) in [6.45, 7) is 3.83. The Morgan fingerprint density at radius 1 is 1.31 bits per heavy atom. The Balaban J connectivity index is 1.73. The summed E-state index contributed by atoms with van der Waals surface area (Å²) in [5, 5.41) is 0. The fourth-order valence-corrected chi connectivity index (χ4v) is 5.19. The highest BCUT2D eigenvalue weighted by molar-refractivity contribution is 14.1. The lowest BCUT2D eigenvalue weighted by Gasteiger charge is -2.24. The Hall–Kier alpha value is -2.86. The van der Waals surface area contributed by atoms with Gasteiger partial charge in [-0.3, -0.25) is 9.36 Å². The summed E-state index contributed by atoms with van der Waals surface area (Å²) in [7, 11) is 0. The minimum absolute atomic E-state index is 0.128. The van der Waals surface area contributed by atoms with Crippen molar-refractivity contribution in [3.63, 3.8) is 0 Å². The van der Waals surface area contributed by atoms with Crippen LogP contribution in [-0.4, -0.2) is 23.9 Å². The zero-order chi connectivity index (χ0) is 22.4. The predicted molar refractivity (Wildman–Crippen MR) is 124 cm³/mol. The second-order valence-electron chi connectivity index (χ2n) is 7.06. The standard InChI is InChI=1S/C22H17IN2O6S/c1-3-28-21(27)18-11(2)24-22-25(19(18)12-4-6-14-15(8-12)30-10-29-14)20(26)16(32-22)9-13-5-7-17(23)31-13/h4-9,19H,3,10H2,1-2H3/b16-9+/t19-/m1/s1. The fourth-order valence-electron chi connectivity index (χ4n) is 3.73. The molecular formula is C22H17IN2O6S. The van der Waals surface area contributed by atoms with Crippen LogP contribution < -0.4 is 24.4 Å². The van der Waals surface area contributed by atoms with Crippen LogP contribution in [0.25, 0.3) is 6.08 Å². The molecule has 164 valence electrons. The topological polar surface area (TPSA) is 92.3 Å². The van der Waals surface area contributed by atoms with E-state index in [4.69, 9.17) is 18.6 Å². The normalized spacial score (nSPS) is 17.3. The molecule has 0 radical (unpaired) electrons. The lowest BCUT2D eigenvalue weighted by atomic mass is 9.95. The molecule has 0 aliphatic carbocycles. The molecule has 8 nitrogen and oxygen atoms in total. The number of rotatable bonds is 4. The van der Waals surface area contributed by atoms with Gasteiger partial charge in [-0.2, -0.15) is 0 Å². The van der Waals surface area contributed by atoms with Crippen molar-refractivity contribution in [2.45, 2.75) is 19.9 Å². The van der Waals surface area contributed by atoms with Crippen molar-refractivity contribution < 1.29 is 23.4 Å². The Morgan fingerprint density at radius 2 is 2.12 bits per heavy atom. The Bertz CT molecular complexity index is 1450. The van der Waals surface area contributed by atoms with Crippen LogP contribution in [0.3, 0.4) is 0 Å². The van der Waals surface area contributed by atoms with Gasteiger partial charge < -0.3 is 18.6 Å². The first kappa shape index (κ1) is 21.0. The van der Waals surface area contributed by atoms with Gasteiger partial charge in [0.05, 0.1) is 28.5 Å². The molecule has 2 aliphatic rings. The van der Waals surface area contributed by atoms with Crippen molar-refractivity contribution in [3.05, 3.63) is 76.4 Å². The average molecular weight is 564 g/mol. The van der Waals surface area contributed by atoms with E-state index in [0.29, 0.717) is 43.4 Å². The van der Waals surface area contributed by atoms with Crippen LogP contribution in [0.1, 0.15) is 31.2 Å². The maximum absolute atomic E-state index is 13.5. The quantitative estimate of drug-likeness (QED) is 0.358. The first-order valence-electron chi connectivity index (χ1n) is 9.81. The van der Waals surface area contributed by atoms with Crippen LogP contribution in [0.5, 0.6) is 11.5 Å². The molecule has 0 amide bonds. The highest BCUT2D eigenvalue weighted by Crippen LogP contribution is 2.38. The molecule has 3 aromatic rings. The molecule has 0 fully saturated rings. The number of carbonyl (C=O) groups excluding carboxylic acids is 1. The summed E-state index contributed by atoms with van der Waals surface area (Å²) in [5.41, 5.74) is 1.26. The van der Waals surface area contributed by atoms with Crippen molar-refractivity contribution in [1.29, 1.82) is 0 Å². The van der Waals surface area contributed by atoms with Gasteiger partial charge in [-0.05, 0) is 66.3 Å². The summed E-state index contributed by atoms with van der Waals surface area (Å²) < 4.78 is 24.5. The van der Waals surface area contributed by atoms with Gasteiger partial charge in [0.25, 0.3) is 5.56 Å². The van der Waals surface area contributed by atoms with Gasteiger partial charge in [0.2, 0.25) is 6.79 Å². The van der Waals surface area contributed by atoms with Crippen molar-refractivity contribution in [3.8, 4) is 11.5 Å². The number of aromatic nitrogens is 1. The Morgan fingerprint density at radius 3 is 2.88 bits per heavy atom. The van der Waals surface area contributed by atoms with Gasteiger partial charge in [-0.15, -0.1) is 0 Å². The molecule has 0 saturated carbocycles. The predicted octanol–water partition coefficient (Wildman–Crippen LogP) is 2.72. The number of fused-ring (bicyclic) bond motifs is 2. The van der Waals surface area contributed by atoms with Crippen LogP contribution in [-0.2, 0) is 9.53 Å². The minimum atomic E-state index is -0.710. The van der Waals surface area contributed by atoms with Crippen LogP contribution >= 0.6 is 33.9 Å². The molecule has 32 heavy (non-hydrogen) atoms. The average Bonchev–Trinajstić information content (AvgIpc) is 3.46. The number of halogens is 1. The molecular weight excluding hydrogens is 547 g/mol. The summed E-state index contributed by atoms with van der Waals surface area (Å²) in [5.74, 6) is 1.24. The molecule has 0 unspecified atom stereocenters. The van der Waals surface area contributed by atoms with Gasteiger partial charge in [-0.25, -0.2) is 9.79 Å². The van der Waals surface area contributed by atoms with Crippen molar-refractivity contribution in [1.82, 2.24) is 4.57 Å². The number of carbonyl (C=O) groups is 1. The fraction of sp³-hybridized carbons (Fsp3) is 0.227. The lowest BCUT2D eigenvalue weighted by Crippen LogP contribution is -2.39. The maximum Gasteiger partial charge on any atom is 0.338 e. The van der Waals surface area contributed by atoms with E-state index >= 15 is 0 Å². The molecule has 0 spiro atoms. The number of nitrogens with zero attached hydrogens (tertiary/aromatic N) is 2. The third-order valence-corrected chi connectivity index (χ3v) is 6.66. The first-order chi connectivity index (χ1) is 15.5. The zero-order valence-electron chi connectivity index (χ0n) is 17.1. The zero-order valence-corrected chi connectivity index (χ0v) is 20.1. The van der Waals surface area contributed by atoms with Gasteiger partial charge in [-0.1, -0.05) is 17.4 Å². The molecule has 2 aromatic heterocycles. The lowest BCUT2D eigenvalue weighted by molar-refractivity contribution is -0.139. The van der Waals surface area contributed by atoms with Crippen LogP contribution in [0, 0.1) is 3.77 Å². The molecule has 5 rings (SSSR count). The molecule has 0 N–H and O–H groups in total. The van der Waals surface area contributed by atoms with Gasteiger partial charge >= 0.3 is 5.97 Å². The Labute approximate surface area is 199 Å². The second kappa shape index (κ2) is 8.24. The van der Waals surface area contributed by atoms with E-state index < -0.39 is 12.0 Å². The van der Waals surface area contributed by atoms with Crippen LogP contribution in [0.2, 0.25) is 0 Å². The van der Waals surface area contributed by atoms with E-state index in [-0.39, 0.29) is 19.0 Å². The summed E-state index contributed by atoms with van der Waals surface area (Å²) in [6.07, 6.45) is 1.69. The van der Waals surface area contributed by atoms with E-state index in [1.165, 1.54) is 15.9 Å². The van der Waals surface area contributed by atoms with Crippen molar-refractivity contribution in [2.24, 2.45) is 4.99 Å². The van der Waals surface area contributed by atoms with E-state index in [1.807, 2.05) is 12.1 Å². The Kier molecular flexibility index (Phi) is 5.41. The molecule has 2 aliphatic heterocycles. The smallest absolute Gasteiger partial charge is 0.338 e. The van der Waals surface area contributed by atoms with E-state index in [9.17, 15) is 9.59 Å². The third kappa shape index (κ3) is 3.56. The number of benzene rings is 1. The number of allylic oxidation sites excluding steroid dienone is 1. The number of ether oxygens (including phenoxy) is 3. The van der Waals surface area contributed by atoms with E-state index in [2.05, 4.69) is 27.6 Å². The molecule has 0 saturated heterocycles. The number of thiazole rings is 1. The third-order valence-electron chi connectivity index (χ3n) is 5.10. The minimum Gasteiger partial charge on any atom is -0.463 e. The SMILES string of the molecule is CCOC(=O)C1=C(C)N=c2s/c(=C/c3ccc(I)o3)c(=O)n2[C@@H]1c1ccc2c(c1)OCO2. The van der Waals surface area contributed by atoms with Crippen molar-refractivity contribution in [2.75, 3.05) is 13.4 Å². The van der Waals surface area contributed by atoms with E-state index in [1.54, 1.807) is 38.1 Å². The van der Waals surface area contributed by atoms with Gasteiger partial charge in [0, 0.05) is 6.08 Å². The number of esters is 1. The summed E-state index contributed by atoms with van der Waals surface area (Å²) >= 11 is 3.31. The largest absolute Gasteiger partial charge is 0.463 e. The van der Waals surface area contributed by atoms with Crippen molar-refractivity contribution >= 4 is 46.0 Å². The maximum atomic E-state index is 13.5. The molecule has 1 atom stereocenters. The van der Waals surface area contributed by atoms with Crippen LogP contribution in [0.4, 0.5) is 0 Å². The number of furan rings is 1. The molecule has 1 aromatic carbocycles. The summed E-state index contributed by atoms with van der Waals surface area (Å²) in [4.78, 5) is 31.5. The summed E-state index contributed by atoms with van der Waals surface area (Å²) in [6, 6.07) is 8.29. The highest BCUT2D eigenvalue weighted by Gasteiger charge is 2.34. The number of hydrogen-bond donors (Lipinski definition) is 0. The van der Waals surface area contributed by atoms with Gasteiger partial charge in [0.1, 0.15) is 5.76 Å².